The van der Waals surface area contributed by atoms with E-state index in [1.54, 1.807) is 62.4 Å². The Balaban J connectivity index is 1.69. The van der Waals surface area contributed by atoms with Crippen LogP contribution in [0.2, 0.25) is 15.3 Å². The van der Waals surface area contributed by atoms with Gasteiger partial charge in [0.25, 0.3) is 5.91 Å². The fraction of sp³-hybridized carbons (Fsp3) is 0.136. The minimum Gasteiger partial charge on any atom is -0.478 e. The summed E-state index contributed by atoms with van der Waals surface area (Å²) in [5, 5.41) is 3.59. The molecule has 154 valence electrons. The van der Waals surface area contributed by atoms with Gasteiger partial charge in [-0.2, -0.15) is 0 Å². The van der Waals surface area contributed by atoms with Crippen LogP contribution in [0.15, 0.2) is 60.7 Å². The molecule has 1 aromatic heterocycles. The Kier molecular flexibility index (Phi) is 6.66. The molecule has 8 heteroatoms. The van der Waals surface area contributed by atoms with Gasteiger partial charge in [0.05, 0.1) is 0 Å². The maximum absolute atomic E-state index is 12.6. The molecular formula is C22H17Cl3N2O3. The van der Waals surface area contributed by atoms with Gasteiger partial charge in [-0.1, -0.05) is 34.8 Å². The standard InChI is InChI=1S/C22H17Cl3N2O3/c1-22(2,21(29)26-16-11-18(24)27-19(25)12-16)30-17-9-5-14(6-10-17)20(28)13-3-7-15(23)8-4-13/h3-12H,1-2H3,(H,26,27,29). The number of amides is 1. The second kappa shape index (κ2) is 9.04. The molecule has 0 aliphatic rings. The van der Waals surface area contributed by atoms with E-state index in [9.17, 15) is 9.59 Å². The van der Waals surface area contributed by atoms with Crippen LogP contribution >= 0.6 is 34.8 Å². The first-order valence-corrected chi connectivity index (χ1v) is 10.0. The van der Waals surface area contributed by atoms with Gasteiger partial charge in [0, 0.05) is 21.8 Å². The first kappa shape index (κ1) is 22.1. The van der Waals surface area contributed by atoms with Crippen molar-refractivity contribution in [2.24, 2.45) is 0 Å². The van der Waals surface area contributed by atoms with Crippen LogP contribution in [0.3, 0.4) is 0 Å². The predicted octanol–water partition coefficient (Wildman–Crippen LogP) is 6.07. The zero-order chi connectivity index (χ0) is 21.9. The van der Waals surface area contributed by atoms with Crippen LogP contribution in [0.25, 0.3) is 0 Å². The molecule has 0 saturated heterocycles. The highest BCUT2D eigenvalue weighted by molar-refractivity contribution is 6.33. The molecule has 5 nitrogen and oxygen atoms in total. The van der Waals surface area contributed by atoms with Crippen molar-refractivity contribution < 1.29 is 14.3 Å². The summed E-state index contributed by atoms with van der Waals surface area (Å²) in [5.41, 5.74) is 0.227. The molecule has 0 radical (unpaired) electrons. The lowest BCUT2D eigenvalue weighted by atomic mass is 10.0. The Morgan fingerprint density at radius 2 is 1.37 bits per heavy atom. The van der Waals surface area contributed by atoms with Crippen LogP contribution in [0.4, 0.5) is 5.69 Å². The smallest absolute Gasteiger partial charge is 0.267 e. The van der Waals surface area contributed by atoms with E-state index >= 15 is 0 Å². The van der Waals surface area contributed by atoms with Crippen LogP contribution in [0.5, 0.6) is 5.75 Å². The molecule has 1 heterocycles. The lowest BCUT2D eigenvalue weighted by Gasteiger charge is -2.25. The monoisotopic (exact) mass is 462 g/mol. The number of ether oxygens (including phenoxy) is 1. The maximum Gasteiger partial charge on any atom is 0.267 e. The predicted molar refractivity (Wildman–Crippen MR) is 119 cm³/mol. The third kappa shape index (κ3) is 5.51. The number of carbonyl (C=O) groups excluding carboxylic acids is 2. The molecule has 1 N–H and O–H groups in total. The molecule has 0 atom stereocenters. The number of hydrogen-bond acceptors (Lipinski definition) is 4. The number of ketones is 1. The number of hydrogen-bond donors (Lipinski definition) is 1. The molecule has 0 fully saturated rings. The molecular weight excluding hydrogens is 447 g/mol. The second-order valence-corrected chi connectivity index (χ2v) is 8.14. The van der Waals surface area contributed by atoms with Crippen LogP contribution < -0.4 is 10.1 Å². The summed E-state index contributed by atoms with van der Waals surface area (Å²) in [6.45, 7) is 3.25. The first-order valence-electron chi connectivity index (χ1n) is 8.88. The number of carbonyl (C=O) groups is 2. The fourth-order valence-electron chi connectivity index (χ4n) is 2.60. The van der Waals surface area contributed by atoms with E-state index in [4.69, 9.17) is 39.5 Å². The SMILES string of the molecule is CC(C)(Oc1ccc(C(=O)c2ccc(Cl)cc2)cc1)C(=O)Nc1cc(Cl)nc(Cl)c1. The number of nitrogens with zero attached hydrogens (tertiary/aromatic N) is 1. The quantitative estimate of drug-likeness (QED) is 0.356. The number of halogens is 3. The Labute approximate surface area is 188 Å². The van der Waals surface area contributed by atoms with E-state index in [0.717, 1.165) is 0 Å². The van der Waals surface area contributed by atoms with Crippen molar-refractivity contribution in [3.8, 4) is 5.75 Å². The van der Waals surface area contributed by atoms with Crippen molar-refractivity contribution >= 4 is 52.2 Å². The van der Waals surface area contributed by atoms with Crippen molar-refractivity contribution in [2.75, 3.05) is 5.32 Å². The molecule has 1 amide bonds. The number of aromatic nitrogens is 1. The Hall–Kier alpha value is -2.60. The van der Waals surface area contributed by atoms with E-state index in [2.05, 4.69) is 10.3 Å². The zero-order valence-corrected chi connectivity index (χ0v) is 18.3. The van der Waals surface area contributed by atoms with Gasteiger partial charge in [-0.05, 0) is 74.5 Å². The van der Waals surface area contributed by atoms with Gasteiger partial charge in [0.2, 0.25) is 0 Å². The Bertz CT molecular complexity index is 1060. The minimum absolute atomic E-state index is 0.137. The maximum atomic E-state index is 12.6. The molecule has 2 aromatic carbocycles. The summed E-state index contributed by atoms with van der Waals surface area (Å²) in [6.07, 6.45) is 0. The summed E-state index contributed by atoms with van der Waals surface area (Å²) < 4.78 is 5.83. The Morgan fingerprint density at radius 3 is 1.90 bits per heavy atom. The number of pyridine rings is 1. The molecule has 30 heavy (non-hydrogen) atoms. The van der Waals surface area contributed by atoms with Gasteiger partial charge in [0.1, 0.15) is 16.1 Å². The van der Waals surface area contributed by atoms with Crippen molar-refractivity contribution in [3.05, 3.63) is 87.1 Å². The van der Waals surface area contributed by atoms with E-state index in [1.807, 2.05) is 0 Å². The fourth-order valence-corrected chi connectivity index (χ4v) is 3.19. The van der Waals surface area contributed by atoms with Crippen LogP contribution in [0.1, 0.15) is 29.8 Å². The van der Waals surface area contributed by atoms with Gasteiger partial charge in [0.15, 0.2) is 11.4 Å². The number of benzene rings is 2. The van der Waals surface area contributed by atoms with Gasteiger partial charge in [-0.25, -0.2) is 4.98 Å². The van der Waals surface area contributed by atoms with Gasteiger partial charge in [-0.3, -0.25) is 9.59 Å². The molecule has 0 unspecified atom stereocenters. The lowest BCUT2D eigenvalue weighted by molar-refractivity contribution is -0.128. The molecule has 3 aromatic rings. The Morgan fingerprint density at radius 1 is 0.867 bits per heavy atom. The van der Waals surface area contributed by atoms with Gasteiger partial charge >= 0.3 is 0 Å². The highest BCUT2D eigenvalue weighted by atomic mass is 35.5. The second-order valence-electron chi connectivity index (χ2n) is 6.93. The average molecular weight is 464 g/mol. The minimum atomic E-state index is -1.20. The number of nitrogens with one attached hydrogen (secondary N) is 1. The van der Waals surface area contributed by atoms with Gasteiger partial charge in [-0.15, -0.1) is 0 Å². The summed E-state index contributed by atoms with van der Waals surface area (Å²) >= 11 is 17.6. The highest BCUT2D eigenvalue weighted by Gasteiger charge is 2.30. The van der Waals surface area contributed by atoms with Crippen LogP contribution in [-0.2, 0) is 4.79 Å². The number of anilines is 1. The van der Waals surface area contributed by atoms with Crippen LogP contribution in [-0.4, -0.2) is 22.3 Å². The van der Waals surface area contributed by atoms with E-state index in [-0.39, 0.29) is 16.1 Å². The first-order chi connectivity index (χ1) is 14.1. The molecule has 0 aliphatic carbocycles. The van der Waals surface area contributed by atoms with Crippen molar-refractivity contribution in [2.45, 2.75) is 19.4 Å². The lowest BCUT2D eigenvalue weighted by Crippen LogP contribution is -2.42. The van der Waals surface area contributed by atoms with E-state index < -0.39 is 11.5 Å². The zero-order valence-electron chi connectivity index (χ0n) is 16.1. The topological polar surface area (TPSA) is 68.3 Å². The van der Waals surface area contributed by atoms with Crippen molar-refractivity contribution in [3.63, 3.8) is 0 Å². The molecule has 0 spiro atoms. The van der Waals surface area contributed by atoms with Crippen molar-refractivity contribution in [1.82, 2.24) is 4.98 Å². The molecule has 0 saturated carbocycles. The third-order valence-corrected chi connectivity index (χ3v) is 4.80. The molecule has 3 rings (SSSR count). The van der Waals surface area contributed by atoms with Crippen molar-refractivity contribution in [1.29, 1.82) is 0 Å². The summed E-state index contributed by atoms with van der Waals surface area (Å²) in [5.74, 6) is -0.0996. The summed E-state index contributed by atoms with van der Waals surface area (Å²) in [6, 6.07) is 16.2. The van der Waals surface area contributed by atoms with E-state index in [1.165, 1.54) is 12.1 Å². The third-order valence-electron chi connectivity index (χ3n) is 4.16. The van der Waals surface area contributed by atoms with Gasteiger partial charge < -0.3 is 10.1 Å². The van der Waals surface area contributed by atoms with E-state index in [0.29, 0.717) is 27.6 Å². The highest BCUT2D eigenvalue weighted by Crippen LogP contribution is 2.24. The largest absolute Gasteiger partial charge is 0.478 e. The van der Waals surface area contributed by atoms with Crippen LogP contribution in [0, 0.1) is 0 Å². The summed E-state index contributed by atoms with van der Waals surface area (Å²) in [7, 11) is 0. The normalized spacial score (nSPS) is 11.1. The summed E-state index contributed by atoms with van der Waals surface area (Å²) in [4.78, 5) is 29.0. The number of rotatable bonds is 6. The molecule has 0 aliphatic heterocycles. The molecule has 0 bridgehead atoms. The average Bonchev–Trinajstić information content (AvgIpc) is 2.67.